The Hall–Kier alpha value is -1.86. The van der Waals surface area contributed by atoms with E-state index in [4.69, 9.17) is 4.74 Å². The van der Waals surface area contributed by atoms with Crippen LogP contribution in [0.25, 0.3) is 5.69 Å². The van der Waals surface area contributed by atoms with E-state index in [2.05, 4.69) is 25.6 Å². The lowest BCUT2D eigenvalue weighted by atomic mass is 10.1. The van der Waals surface area contributed by atoms with E-state index < -0.39 is 11.7 Å². The second-order valence-electron chi connectivity index (χ2n) is 7.48. The van der Waals surface area contributed by atoms with Gasteiger partial charge in [0.05, 0.1) is 30.2 Å². The number of hydrogen-bond donors (Lipinski definition) is 2. The molecule has 1 aliphatic heterocycles. The van der Waals surface area contributed by atoms with Crippen LogP contribution in [0, 0.1) is 13.8 Å². The molecule has 11 heteroatoms. The normalized spacial score (nSPS) is 15.4. The molecule has 0 unspecified atom stereocenters. The molecule has 3 rings (SSSR count). The number of nitrogens with one attached hydrogen (secondary N) is 2. The van der Waals surface area contributed by atoms with Crippen LogP contribution in [0.3, 0.4) is 0 Å². The van der Waals surface area contributed by atoms with Gasteiger partial charge in [0.2, 0.25) is 0 Å². The predicted molar refractivity (Wildman–Crippen MR) is 129 cm³/mol. The lowest BCUT2D eigenvalue weighted by Gasteiger charge is -2.26. The molecular formula is C21H30F3IN6O. The van der Waals surface area contributed by atoms with Crippen LogP contribution < -0.4 is 10.6 Å². The number of hydrogen-bond acceptors (Lipinski definition) is 4. The molecule has 0 amide bonds. The van der Waals surface area contributed by atoms with E-state index in [0.29, 0.717) is 18.2 Å². The highest BCUT2D eigenvalue weighted by molar-refractivity contribution is 14.0. The van der Waals surface area contributed by atoms with E-state index in [1.165, 1.54) is 10.7 Å². The molecule has 0 radical (unpaired) electrons. The first-order chi connectivity index (χ1) is 14.8. The van der Waals surface area contributed by atoms with Gasteiger partial charge in [-0.15, -0.1) is 24.0 Å². The number of guanidine groups is 1. The molecule has 0 spiro atoms. The zero-order valence-corrected chi connectivity index (χ0v) is 20.8. The van der Waals surface area contributed by atoms with Crippen LogP contribution in [0.4, 0.5) is 13.2 Å². The summed E-state index contributed by atoms with van der Waals surface area (Å²) in [4.78, 5) is 6.38. The molecule has 1 saturated heterocycles. The monoisotopic (exact) mass is 566 g/mol. The molecule has 2 N–H and O–H groups in total. The lowest BCUT2D eigenvalue weighted by molar-refractivity contribution is -0.138. The molecule has 0 bridgehead atoms. The zero-order valence-electron chi connectivity index (χ0n) is 18.5. The number of morpholine rings is 1. The summed E-state index contributed by atoms with van der Waals surface area (Å²) in [7, 11) is 1.60. The fourth-order valence-corrected chi connectivity index (χ4v) is 3.56. The minimum absolute atomic E-state index is 0. The van der Waals surface area contributed by atoms with E-state index in [1.54, 1.807) is 13.1 Å². The van der Waals surface area contributed by atoms with Crippen molar-refractivity contribution in [2.24, 2.45) is 4.99 Å². The van der Waals surface area contributed by atoms with Crippen LogP contribution in [0.5, 0.6) is 0 Å². The molecule has 1 aromatic carbocycles. The standard InChI is InChI=1S/C21H29F3N6O.HI/c1-15-12-16(2)30(28-15)18-5-4-17(19(13-18)21(22,23)24)14-27-20(25-3)26-6-7-29-8-10-31-11-9-29;/h4-5,12-13H,6-11,14H2,1-3H3,(H2,25,26,27);1H. The Morgan fingerprint density at radius 1 is 1.16 bits per heavy atom. The summed E-state index contributed by atoms with van der Waals surface area (Å²) in [6.45, 7) is 8.29. The maximum absolute atomic E-state index is 13.7. The van der Waals surface area contributed by atoms with Crippen molar-refractivity contribution in [1.29, 1.82) is 0 Å². The molecule has 0 saturated carbocycles. The number of aromatic nitrogens is 2. The van der Waals surface area contributed by atoms with Crippen LogP contribution >= 0.6 is 24.0 Å². The van der Waals surface area contributed by atoms with Gasteiger partial charge in [-0.1, -0.05) is 6.07 Å². The smallest absolute Gasteiger partial charge is 0.379 e. The van der Waals surface area contributed by atoms with Gasteiger partial charge >= 0.3 is 6.18 Å². The van der Waals surface area contributed by atoms with Gasteiger partial charge in [-0.05, 0) is 37.6 Å². The lowest BCUT2D eigenvalue weighted by Crippen LogP contribution is -2.44. The molecule has 2 heterocycles. The van der Waals surface area contributed by atoms with E-state index in [0.717, 1.165) is 50.3 Å². The maximum Gasteiger partial charge on any atom is 0.416 e. The van der Waals surface area contributed by atoms with Crippen molar-refractivity contribution < 1.29 is 17.9 Å². The number of rotatable bonds is 6. The van der Waals surface area contributed by atoms with Gasteiger partial charge in [0, 0.05) is 45.5 Å². The van der Waals surface area contributed by atoms with Gasteiger partial charge in [-0.2, -0.15) is 18.3 Å². The minimum Gasteiger partial charge on any atom is -0.379 e. The predicted octanol–water partition coefficient (Wildman–Crippen LogP) is 3.12. The molecule has 0 atom stereocenters. The third kappa shape index (κ3) is 7.07. The van der Waals surface area contributed by atoms with E-state index in [1.807, 2.05) is 19.9 Å². The Labute approximate surface area is 203 Å². The van der Waals surface area contributed by atoms with Crippen LogP contribution in [-0.4, -0.2) is 67.1 Å². The molecule has 7 nitrogen and oxygen atoms in total. The van der Waals surface area contributed by atoms with Crippen molar-refractivity contribution in [3.8, 4) is 5.69 Å². The number of aryl methyl sites for hydroxylation is 2. The Morgan fingerprint density at radius 3 is 2.47 bits per heavy atom. The van der Waals surface area contributed by atoms with Crippen LogP contribution in [0.15, 0.2) is 29.3 Å². The third-order valence-corrected chi connectivity index (χ3v) is 5.15. The molecule has 1 aliphatic rings. The van der Waals surface area contributed by atoms with Crippen LogP contribution in [0.1, 0.15) is 22.5 Å². The highest BCUT2D eigenvalue weighted by Crippen LogP contribution is 2.33. The fourth-order valence-electron chi connectivity index (χ4n) is 3.56. The molecular weight excluding hydrogens is 536 g/mol. The molecule has 1 aromatic heterocycles. The fraction of sp³-hybridized carbons (Fsp3) is 0.524. The number of alkyl halides is 3. The average molecular weight is 566 g/mol. The second kappa shape index (κ2) is 11.8. The van der Waals surface area contributed by atoms with Gasteiger partial charge in [-0.25, -0.2) is 4.68 Å². The third-order valence-electron chi connectivity index (χ3n) is 5.15. The van der Waals surface area contributed by atoms with Crippen LogP contribution in [-0.2, 0) is 17.5 Å². The van der Waals surface area contributed by atoms with Crippen molar-refractivity contribution in [2.75, 3.05) is 46.4 Å². The van der Waals surface area contributed by atoms with Crippen molar-refractivity contribution in [1.82, 2.24) is 25.3 Å². The topological polar surface area (TPSA) is 66.7 Å². The van der Waals surface area contributed by atoms with Crippen molar-refractivity contribution in [3.63, 3.8) is 0 Å². The van der Waals surface area contributed by atoms with Gasteiger partial charge in [0.15, 0.2) is 5.96 Å². The summed E-state index contributed by atoms with van der Waals surface area (Å²) in [5, 5.41) is 10.4. The Kier molecular flexibility index (Phi) is 9.77. The Morgan fingerprint density at radius 2 is 1.88 bits per heavy atom. The second-order valence-corrected chi connectivity index (χ2v) is 7.48. The number of nitrogens with zero attached hydrogens (tertiary/aromatic N) is 4. The van der Waals surface area contributed by atoms with Gasteiger partial charge < -0.3 is 15.4 Å². The summed E-state index contributed by atoms with van der Waals surface area (Å²) in [5.41, 5.74) is 1.38. The van der Waals surface area contributed by atoms with Gasteiger partial charge in [0.1, 0.15) is 0 Å². The molecule has 1 fully saturated rings. The van der Waals surface area contributed by atoms with Crippen molar-refractivity contribution >= 4 is 29.9 Å². The molecule has 32 heavy (non-hydrogen) atoms. The van der Waals surface area contributed by atoms with Gasteiger partial charge in [0.25, 0.3) is 0 Å². The number of ether oxygens (including phenoxy) is 1. The minimum atomic E-state index is -4.48. The zero-order chi connectivity index (χ0) is 22.4. The van der Waals surface area contributed by atoms with Crippen molar-refractivity contribution in [2.45, 2.75) is 26.6 Å². The maximum atomic E-state index is 13.7. The Balaban J connectivity index is 0.00000363. The highest BCUT2D eigenvalue weighted by atomic mass is 127. The average Bonchev–Trinajstić information content (AvgIpc) is 3.08. The highest BCUT2D eigenvalue weighted by Gasteiger charge is 2.34. The summed E-state index contributed by atoms with van der Waals surface area (Å²) in [6.07, 6.45) is -4.48. The number of halogens is 4. The van der Waals surface area contributed by atoms with E-state index >= 15 is 0 Å². The summed E-state index contributed by atoms with van der Waals surface area (Å²) in [5.74, 6) is 0.462. The molecule has 2 aromatic rings. The van der Waals surface area contributed by atoms with E-state index in [-0.39, 0.29) is 36.1 Å². The first kappa shape index (κ1) is 26.4. The number of aliphatic imine (C=N–C) groups is 1. The summed E-state index contributed by atoms with van der Waals surface area (Å²) >= 11 is 0. The quantitative estimate of drug-likeness (QED) is 0.320. The molecule has 178 valence electrons. The van der Waals surface area contributed by atoms with Crippen molar-refractivity contribution in [3.05, 3.63) is 46.8 Å². The largest absolute Gasteiger partial charge is 0.416 e. The first-order valence-corrected chi connectivity index (χ1v) is 10.3. The van der Waals surface area contributed by atoms with Gasteiger partial charge in [-0.3, -0.25) is 9.89 Å². The Bertz CT molecular complexity index is 909. The molecule has 0 aliphatic carbocycles. The number of benzene rings is 1. The van der Waals surface area contributed by atoms with E-state index in [9.17, 15) is 13.2 Å². The summed E-state index contributed by atoms with van der Waals surface area (Å²) < 4.78 is 48.1. The van der Waals surface area contributed by atoms with Crippen LogP contribution in [0.2, 0.25) is 0 Å². The SMILES string of the molecule is CN=C(NCCN1CCOCC1)NCc1ccc(-n2nc(C)cc2C)cc1C(F)(F)F.I. The summed E-state index contributed by atoms with van der Waals surface area (Å²) in [6, 6.07) is 6.11. The first-order valence-electron chi connectivity index (χ1n) is 10.3.